The van der Waals surface area contributed by atoms with Crippen molar-refractivity contribution in [2.24, 2.45) is 0 Å². The molecule has 104 valence electrons. The summed E-state index contributed by atoms with van der Waals surface area (Å²) in [7, 11) is 0. The molecule has 0 bridgehead atoms. The normalized spacial score (nSPS) is 11.4. The lowest BCUT2D eigenvalue weighted by molar-refractivity contribution is 0.628. The summed E-state index contributed by atoms with van der Waals surface area (Å²) in [4.78, 5) is 5.85. The van der Waals surface area contributed by atoms with Gasteiger partial charge in [-0.2, -0.15) is 0 Å². The quantitative estimate of drug-likeness (QED) is 0.771. The van der Waals surface area contributed by atoms with E-state index in [4.69, 9.17) is 5.73 Å². The fourth-order valence-corrected chi connectivity index (χ4v) is 3.47. The minimum absolute atomic E-state index is 0.246. The van der Waals surface area contributed by atoms with Crippen molar-refractivity contribution in [1.29, 1.82) is 0 Å². The van der Waals surface area contributed by atoms with Crippen molar-refractivity contribution in [3.63, 3.8) is 0 Å². The standard InChI is InChI=1S/C15H16FN3S/c1-4-19-12-7-10(16)5-6-11(12)18-15(19)13-8(2)9(3)20-14(13)17/h5-7H,4,17H2,1-3H3. The van der Waals surface area contributed by atoms with Crippen molar-refractivity contribution in [3.8, 4) is 11.4 Å². The lowest BCUT2D eigenvalue weighted by Gasteiger charge is -2.07. The number of nitrogens with two attached hydrogens (primary N) is 1. The van der Waals surface area contributed by atoms with E-state index in [1.165, 1.54) is 17.0 Å². The number of benzene rings is 1. The van der Waals surface area contributed by atoms with Crippen LogP contribution in [0.5, 0.6) is 0 Å². The summed E-state index contributed by atoms with van der Waals surface area (Å²) in [5.41, 5.74) is 9.88. The number of fused-ring (bicyclic) bond motifs is 1. The van der Waals surface area contributed by atoms with Crippen molar-refractivity contribution in [2.45, 2.75) is 27.3 Å². The van der Waals surface area contributed by atoms with Gasteiger partial charge in [-0.1, -0.05) is 0 Å². The molecular formula is C15H16FN3S. The van der Waals surface area contributed by atoms with Gasteiger partial charge < -0.3 is 10.3 Å². The first-order chi connectivity index (χ1) is 9.52. The third-order valence-electron chi connectivity index (χ3n) is 3.66. The third kappa shape index (κ3) is 1.81. The molecule has 0 unspecified atom stereocenters. The number of aryl methyl sites for hydroxylation is 2. The minimum Gasteiger partial charge on any atom is -0.390 e. The molecule has 3 rings (SSSR count). The van der Waals surface area contributed by atoms with Gasteiger partial charge in [0.1, 0.15) is 11.6 Å². The zero-order valence-electron chi connectivity index (χ0n) is 11.7. The van der Waals surface area contributed by atoms with Crippen molar-refractivity contribution in [1.82, 2.24) is 9.55 Å². The maximum Gasteiger partial charge on any atom is 0.144 e. The number of nitrogen functional groups attached to an aromatic ring is 1. The molecule has 0 spiro atoms. The Hall–Kier alpha value is -1.88. The van der Waals surface area contributed by atoms with E-state index in [9.17, 15) is 4.39 Å². The van der Waals surface area contributed by atoms with Crippen LogP contribution in [-0.2, 0) is 6.54 Å². The van der Waals surface area contributed by atoms with Gasteiger partial charge in [0.15, 0.2) is 0 Å². The van der Waals surface area contributed by atoms with Crippen LogP contribution in [0.4, 0.5) is 9.39 Å². The summed E-state index contributed by atoms with van der Waals surface area (Å²) in [6.45, 7) is 6.86. The average Bonchev–Trinajstić information content (AvgIpc) is 2.87. The van der Waals surface area contributed by atoms with Crippen LogP contribution in [-0.4, -0.2) is 9.55 Å². The van der Waals surface area contributed by atoms with E-state index in [0.29, 0.717) is 0 Å². The Balaban J connectivity index is 2.36. The Morgan fingerprint density at radius 3 is 2.70 bits per heavy atom. The van der Waals surface area contributed by atoms with Gasteiger partial charge in [-0.05, 0) is 44.5 Å². The van der Waals surface area contributed by atoms with E-state index in [0.717, 1.165) is 39.5 Å². The highest BCUT2D eigenvalue weighted by molar-refractivity contribution is 7.16. The smallest absolute Gasteiger partial charge is 0.144 e. The molecule has 2 aromatic heterocycles. The molecule has 0 fully saturated rings. The number of anilines is 1. The van der Waals surface area contributed by atoms with Gasteiger partial charge in [0.25, 0.3) is 0 Å². The molecular weight excluding hydrogens is 273 g/mol. The number of imidazole rings is 1. The van der Waals surface area contributed by atoms with Gasteiger partial charge in [-0.15, -0.1) is 11.3 Å². The van der Waals surface area contributed by atoms with E-state index in [1.54, 1.807) is 17.4 Å². The second-order valence-electron chi connectivity index (χ2n) is 4.84. The molecule has 0 aliphatic heterocycles. The van der Waals surface area contributed by atoms with E-state index < -0.39 is 0 Å². The molecule has 0 saturated carbocycles. The van der Waals surface area contributed by atoms with Gasteiger partial charge in [0, 0.05) is 11.4 Å². The highest BCUT2D eigenvalue weighted by Gasteiger charge is 2.19. The molecule has 3 aromatic rings. The van der Waals surface area contributed by atoms with Crippen LogP contribution in [0.1, 0.15) is 17.4 Å². The third-order valence-corrected chi connectivity index (χ3v) is 4.70. The van der Waals surface area contributed by atoms with Crippen LogP contribution in [0.3, 0.4) is 0 Å². The van der Waals surface area contributed by atoms with Gasteiger partial charge in [0.05, 0.1) is 21.6 Å². The molecule has 0 saturated heterocycles. The molecule has 0 amide bonds. The van der Waals surface area contributed by atoms with Crippen LogP contribution in [0, 0.1) is 19.7 Å². The number of halogens is 1. The van der Waals surface area contributed by atoms with Crippen molar-refractivity contribution in [3.05, 3.63) is 34.5 Å². The largest absolute Gasteiger partial charge is 0.390 e. The van der Waals surface area contributed by atoms with Crippen LogP contribution in [0.15, 0.2) is 18.2 Å². The van der Waals surface area contributed by atoms with Crippen LogP contribution in [0.2, 0.25) is 0 Å². The zero-order valence-corrected chi connectivity index (χ0v) is 12.5. The Bertz CT molecular complexity index is 801. The number of thiophene rings is 1. The molecule has 20 heavy (non-hydrogen) atoms. The number of rotatable bonds is 2. The number of aromatic nitrogens is 2. The lowest BCUT2D eigenvalue weighted by Crippen LogP contribution is -1.99. The topological polar surface area (TPSA) is 43.8 Å². The number of nitrogens with zero attached hydrogens (tertiary/aromatic N) is 2. The summed E-state index contributed by atoms with van der Waals surface area (Å²) >= 11 is 1.57. The maximum atomic E-state index is 13.5. The maximum absolute atomic E-state index is 13.5. The highest BCUT2D eigenvalue weighted by atomic mass is 32.1. The molecule has 2 heterocycles. The van der Waals surface area contributed by atoms with Crippen molar-refractivity contribution < 1.29 is 4.39 Å². The van der Waals surface area contributed by atoms with Crippen molar-refractivity contribution in [2.75, 3.05) is 5.73 Å². The first-order valence-corrected chi connectivity index (χ1v) is 7.36. The van der Waals surface area contributed by atoms with Gasteiger partial charge in [-0.25, -0.2) is 9.37 Å². The average molecular weight is 289 g/mol. The monoisotopic (exact) mass is 289 g/mol. The second-order valence-corrected chi connectivity index (χ2v) is 6.09. The molecule has 2 N–H and O–H groups in total. The highest BCUT2D eigenvalue weighted by Crippen LogP contribution is 2.38. The van der Waals surface area contributed by atoms with Crippen LogP contribution < -0.4 is 5.73 Å². The molecule has 0 aliphatic carbocycles. The summed E-state index contributed by atoms with van der Waals surface area (Å²) in [5.74, 6) is 0.581. The summed E-state index contributed by atoms with van der Waals surface area (Å²) in [6, 6.07) is 4.68. The molecule has 0 radical (unpaired) electrons. The summed E-state index contributed by atoms with van der Waals surface area (Å²) in [5, 5.41) is 0.769. The van der Waals surface area contributed by atoms with E-state index in [-0.39, 0.29) is 5.82 Å². The Labute approximate surface area is 120 Å². The predicted octanol–water partition coefficient (Wildman–Crippen LogP) is 4.12. The van der Waals surface area contributed by atoms with Gasteiger partial charge >= 0.3 is 0 Å². The first-order valence-electron chi connectivity index (χ1n) is 6.54. The zero-order chi connectivity index (χ0) is 14.4. The molecule has 1 aromatic carbocycles. The lowest BCUT2D eigenvalue weighted by atomic mass is 10.1. The van der Waals surface area contributed by atoms with E-state index in [2.05, 4.69) is 18.8 Å². The number of hydrogen-bond acceptors (Lipinski definition) is 3. The van der Waals surface area contributed by atoms with Crippen molar-refractivity contribution >= 4 is 27.4 Å². The Morgan fingerprint density at radius 2 is 2.10 bits per heavy atom. The first kappa shape index (κ1) is 13.1. The van der Waals surface area contributed by atoms with E-state index >= 15 is 0 Å². The van der Waals surface area contributed by atoms with Crippen LogP contribution >= 0.6 is 11.3 Å². The summed E-state index contributed by atoms with van der Waals surface area (Å²) < 4.78 is 15.5. The van der Waals surface area contributed by atoms with Gasteiger partial charge in [-0.3, -0.25) is 0 Å². The fraction of sp³-hybridized carbons (Fsp3) is 0.267. The second kappa shape index (κ2) is 4.59. The van der Waals surface area contributed by atoms with Gasteiger partial charge in [0.2, 0.25) is 0 Å². The Morgan fingerprint density at radius 1 is 1.35 bits per heavy atom. The predicted molar refractivity (Wildman–Crippen MR) is 82.6 cm³/mol. The minimum atomic E-state index is -0.246. The summed E-state index contributed by atoms with van der Waals surface area (Å²) in [6.07, 6.45) is 0. The van der Waals surface area contributed by atoms with Crippen LogP contribution in [0.25, 0.3) is 22.4 Å². The molecule has 0 atom stereocenters. The molecule has 0 aliphatic rings. The SMILES string of the molecule is CCn1c(-c2c(N)sc(C)c2C)nc2ccc(F)cc21. The van der Waals surface area contributed by atoms with E-state index in [1.807, 2.05) is 11.5 Å². The fourth-order valence-electron chi connectivity index (χ4n) is 2.54. The number of hydrogen-bond donors (Lipinski definition) is 1. The molecule has 3 nitrogen and oxygen atoms in total. The molecule has 5 heteroatoms. The Kier molecular flexibility index (Phi) is 3.01.